The highest BCUT2D eigenvalue weighted by molar-refractivity contribution is 9.10. The molecule has 2 atom stereocenters. The van der Waals surface area contributed by atoms with Crippen molar-refractivity contribution in [2.24, 2.45) is 0 Å². The number of nitrogens with one attached hydrogen (secondary N) is 2. The maximum Gasteiger partial charge on any atom is 0.233 e. The first-order valence-corrected chi connectivity index (χ1v) is 8.55. The lowest BCUT2D eigenvalue weighted by Gasteiger charge is -2.50. The quantitative estimate of drug-likeness (QED) is 0.847. The Bertz CT molecular complexity index is 789. The lowest BCUT2D eigenvalue weighted by molar-refractivity contribution is 0.240. The molecule has 6 nitrogen and oxygen atoms in total. The fraction of sp³-hybridized carbons (Fsp3) is 0.533. The van der Waals surface area contributed by atoms with Crippen molar-refractivity contribution in [3.63, 3.8) is 0 Å². The third-order valence-corrected chi connectivity index (χ3v) is 5.15. The van der Waals surface area contributed by atoms with E-state index in [1.807, 2.05) is 0 Å². The molecule has 2 N–H and O–H groups in total. The number of fused-ring (bicyclic) bond motifs is 2. The SMILES string of the molecule is CCc1[nH]c2ncc(Br)nc2c(=O)c1N1CCN[C@H]2CC[C@@H]21. The summed E-state index contributed by atoms with van der Waals surface area (Å²) in [6, 6.07) is 0.944. The molecular weight excluding hydrogens is 346 g/mol. The summed E-state index contributed by atoms with van der Waals surface area (Å²) in [6.07, 6.45) is 4.73. The van der Waals surface area contributed by atoms with Gasteiger partial charge in [-0.25, -0.2) is 9.97 Å². The van der Waals surface area contributed by atoms with E-state index in [0.717, 1.165) is 37.3 Å². The maximum absolute atomic E-state index is 13.0. The Balaban J connectivity index is 1.91. The molecule has 0 amide bonds. The van der Waals surface area contributed by atoms with Gasteiger partial charge in [0.1, 0.15) is 10.3 Å². The molecule has 0 radical (unpaired) electrons. The van der Waals surface area contributed by atoms with E-state index in [4.69, 9.17) is 0 Å². The van der Waals surface area contributed by atoms with Gasteiger partial charge in [0.25, 0.3) is 0 Å². The van der Waals surface area contributed by atoms with Crippen molar-refractivity contribution in [3.05, 3.63) is 26.7 Å². The van der Waals surface area contributed by atoms with Crippen LogP contribution in [-0.2, 0) is 6.42 Å². The van der Waals surface area contributed by atoms with E-state index in [1.165, 1.54) is 6.42 Å². The molecule has 2 aromatic heterocycles. The van der Waals surface area contributed by atoms with Gasteiger partial charge in [0.05, 0.1) is 6.20 Å². The number of piperazine rings is 1. The fourth-order valence-electron chi connectivity index (χ4n) is 3.54. The van der Waals surface area contributed by atoms with Gasteiger partial charge < -0.3 is 15.2 Å². The summed E-state index contributed by atoms with van der Waals surface area (Å²) in [4.78, 5) is 27.3. The molecule has 0 spiro atoms. The minimum absolute atomic E-state index is 0.00745. The van der Waals surface area contributed by atoms with Crippen molar-refractivity contribution in [2.45, 2.75) is 38.3 Å². The van der Waals surface area contributed by atoms with Crippen LogP contribution < -0.4 is 15.6 Å². The highest BCUT2D eigenvalue weighted by atomic mass is 79.9. The van der Waals surface area contributed by atoms with E-state index in [2.05, 4.69) is 48.0 Å². The average Bonchev–Trinajstić information content (AvgIpc) is 2.49. The van der Waals surface area contributed by atoms with Crippen LogP contribution in [0, 0.1) is 0 Å². The number of aromatic nitrogens is 3. The summed E-state index contributed by atoms with van der Waals surface area (Å²) in [5.41, 5.74) is 2.72. The third kappa shape index (κ3) is 2.06. The number of halogens is 1. The standard InChI is InChI=1S/C15H18BrN5O/c1-2-8-13(21-6-5-17-9-3-4-10(9)21)14(22)12-15(19-8)18-7-11(16)20-12/h7,9-10,17H,2-6H2,1H3,(H,18,19,22)/t9-,10-/m0/s1. The van der Waals surface area contributed by atoms with Gasteiger partial charge in [-0.1, -0.05) is 6.92 Å². The van der Waals surface area contributed by atoms with Crippen LogP contribution in [0.1, 0.15) is 25.5 Å². The number of H-pyrrole nitrogens is 1. The van der Waals surface area contributed by atoms with Gasteiger partial charge >= 0.3 is 0 Å². The zero-order valence-corrected chi connectivity index (χ0v) is 14.0. The number of aromatic amines is 1. The molecule has 0 aromatic carbocycles. The largest absolute Gasteiger partial charge is 0.361 e. The van der Waals surface area contributed by atoms with Crippen molar-refractivity contribution < 1.29 is 0 Å². The Labute approximate surface area is 136 Å². The molecule has 1 aliphatic carbocycles. The van der Waals surface area contributed by atoms with Crippen LogP contribution in [0.5, 0.6) is 0 Å². The second-order valence-corrected chi connectivity index (χ2v) is 6.74. The molecule has 2 fully saturated rings. The molecule has 0 unspecified atom stereocenters. The van der Waals surface area contributed by atoms with Crippen LogP contribution in [0.4, 0.5) is 5.69 Å². The minimum Gasteiger partial charge on any atom is -0.361 e. The van der Waals surface area contributed by atoms with Crippen LogP contribution in [0.15, 0.2) is 15.6 Å². The van der Waals surface area contributed by atoms with Crippen LogP contribution in [-0.4, -0.2) is 40.1 Å². The zero-order chi connectivity index (χ0) is 15.3. The lowest BCUT2D eigenvalue weighted by atomic mass is 9.83. The average molecular weight is 364 g/mol. The normalized spacial score (nSPS) is 24.2. The number of hydrogen-bond donors (Lipinski definition) is 2. The molecule has 116 valence electrons. The first kappa shape index (κ1) is 14.1. The molecule has 3 heterocycles. The van der Waals surface area contributed by atoms with Crippen molar-refractivity contribution in [1.82, 2.24) is 20.3 Å². The van der Waals surface area contributed by atoms with E-state index >= 15 is 0 Å². The number of rotatable bonds is 2. The maximum atomic E-state index is 13.0. The smallest absolute Gasteiger partial charge is 0.233 e. The lowest BCUT2D eigenvalue weighted by Crippen LogP contribution is -2.64. The van der Waals surface area contributed by atoms with E-state index in [-0.39, 0.29) is 5.43 Å². The topological polar surface area (TPSA) is 73.9 Å². The van der Waals surface area contributed by atoms with Crippen LogP contribution in [0.3, 0.4) is 0 Å². The van der Waals surface area contributed by atoms with Crippen molar-refractivity contribution in [2.75, 3.05) is 18.0 Å². The van der Waals surface area contributed by atoms with Crippen LogP contribution >= 0.6 is 15.9 Å². The molecule has 1 saturated heterocycles. The van der Waals surface area contributed by atoms with E-state index in [1.54, 1.807) is 6.20 Å². The van der Waals surface area contributed by atoms with Crippen molar-refractivity contribution >= 4 is 32.8 Å². The minimum atomic E-state index is -0.00745. The highest BCUT2D eigenvalue weighted by Gasteiger charge is 2.39. The molecular formula is C15H18BrN5O. The van der Waals surface area contributed by atoms with Gasteiger partial charge in [-0.15, -0.1) is 0 Å². The van der Waals surface area contributed by atoms with Gasteiger partial charge in [0, 0.05) is 30.9 Å². The predicted molar refractivity (Wildman–Crippen MR) is 89.4 cm³/mol. The number of nitrogens with zero attached hydrogens (tertiary/aromatic N) is 3. The van der Waals surface area contributed by atoms with Gasteiger partial charge in [-0.05, 0) is 35.2 Å². The summed E-state index contributed by atoms with van der Waals surface area (Å²) < 4.78 is 0.586. The molecule has 1 saturated carbocycles. The first-order valence-electron chi connectivity index (χ1n) is 7.76. The third-order valence-electron chi connectivity index (χ3n) is 4.77. The second kappa shape index (κ2) is 5.31. The van der Waals surface area contributed by atoms with Crippen LogP contribution in [0.2, 0.25) is 0 Å². The molecule has 7 heteroatoms. The number of pyridine rings is 1. The van der Waals surface area contributed by atoms with Crippen LogP contribution in [0.25, 0.3) is 11.2 Å². The van der Waals surface area contributed by atoms with Gasteiger partial charge in [-0.3, -0.25) is 4.79 Å². The highest BCUT2D eigenvalue weighted by Crippen LogP contribution is 2.32. The number of anilines is 1. The van der Waals surface area contributed by atoms with E-state index in [9.17, 15) is 4.79 Å². The van der Waals surface area contributed by atoms with Gasteiger partial charge in [0.2, 0.25) is 5.43 Å². The fourth-order valence-corrected chi connectivity index (χ4v) is 3.82. The monoisotopic (exact) mass is 363 g/mol. The second-order valence-electron chi connectivity index (χ2n) is 5.92. The molecule has 0 bridgehead atoms. The molecule has 1 aliphatic heterocycles. The number of hydrogen-bond acceptors (Lipinski definition) is 5. The summed E-state index contributed by atoms with van der Waals surface area (Å²) >= 11 is 3.31. The molecule has 2 aromatic rings. The Morgan fingerprint density at radius 2 is 2.32 bits per heavy atom. The summed E-state index contributed by atoms with van der Waals surface area (Å²) in [5, 5.41) is 3.53. The zero-order valence-electron chi connectivity index (χ0n) is 12.4. The summed E-state index contributed by atoms with van der Waals surface area (Å²) in [6.45, 7) is 3.85. The predicted octanol–water partition coefficient (Wildman–Crippen LogP) is 1.58. The van der Waals surface area contributed by atoms with E-state index < -0.39 is 0 Å². The number of aryl methyl sites for hydroxylation is 1. The van der Waals surface area contributed by atoms with E-state index in [0.29, 0.717) is 27.9 Å². The van der Waals surface area contributed by atoms with Gasteiger partial charge in [0.15, 0.2) is 11.2 Å². The Kier molecular flexibility index (Phi) is 3.41. The molecule has 4 rings (SSSR count). The Morgan fingerprint density at radius 1 is 1.45 bits per heavy atom. The van der Waals surface area contributed by atoms with Crippen molar-refractivity contribution in [1.29, 1.82) is 0 Å². The summed E-state index contributed by atoms with van der Waals surface area (Å²) in [5.74, 6) is 0. The Hall–Kier alpha value is -1.47. The first-order chi connectivity index (χ1) is 10.7. The molecule has 2 aliphatic rings. The van der Waals surface area contributed by atoms with Gasteiger partial charge in [-0.2, -0.15) is 0 Å². The summed E-state index contributed by atoms with van der Waals surface area (Å²) in [7, 11) is 0. The molecule has 22 heavy (non-hydrogen) atoms. The van der Waals surface area contributed by atoms with Crippen molar-refractivity contribution in [3.8, 4) is 0 Å². The Morgan fingerprint density at radius 3 is 3.05 bits per heavy atom.